The molecule has 2 bridgehead atoms. The van der Waals surface area contributed by atoms with Gasteiger partial charge in [0.15, 0.2) is 0 Å². The molecule has 2 atom stereocenters. The van der Waals surface area contributed by atoms with E-state index in [1.807, 2.05) is 32.0 Å². The number of ether oxygens (including phenoxy) is 1. The predicted octanol–water partition coefficient (Wildman–Crippen LogP) is 4.63. The van der Waals surface area contributed by atoms with Gasteiger partial charge in [0.25, 0.3) is 0 Å². The maximum Gasteiger partial charge on any atom is 0.129 e. The molecule has 0 unspecified atom stereocenters. The predicted molar refractivity (Wildman–Crippen MR) is 104 cm³/mol. The fraction of sp³-hybridized carbons (Fsp3) is 0.478. The number of benzene rings is 2. The molecule has 27 heavy (non-hydrogen) atoms. The van der Waals surface area contributed by atoms with E-state index in [4.69, 9.17) is 4.74 Å². The number of hydrogen-bond acceptors (Lipinski definition) is 3. The Morgan fingerprint density at radius 1 is 1.11 bits per heavy atom. The van der Waals surface area contributed by atoms with E-state index >= 15 is 0 Å². The lowest BCUT2D eigenvalue weighted by molar-refractivity contribution is -0.0615. The van der Waals surface area contributed by atoms with Gasteiger partial charge >= 0.3 is 0 Å². The van der Waals surface area contributed by atoms with Crippen LogP contribution in [-0.2, 0) is 12.1 Å². The average molecular weight is 369 g/mol. The number of nitrogens with zero attached hydrogens (tertiary/aromatic N) is 1. The minimum absolute atomic E-state index is 0.155. The van der Waals surface area contributed by atoms with Gasteiger partial charge in [-0.2, -0.15) is 0 Å². The summed E-state index contributed by atoms with van der Waals surface area (Å²) in [6.45, 7) is 4.90. The first-order chi connectivity index (χ1) is 12.9. The van der Waals surface area contributed by atoms with Crippen LogP contribution in [-0.4, -0.2) is 28.2 Å². The highest BCUT2D eigenvalue weighted by Gasteiger charge is 2.48. The van der Waals surface area contributed by atoms with Gasteiger partial charge in [0.2, 0.25) is 0 Å². The highest BCUT2D eigenvalue weighted by Crippen LogP contribution is 2.46. The average Bonchev–Trinajstić information content (AvgIpc) is 2.86. The minimum Gasteiger partial charge on any atom is -0.491 e. The molecular weight excluding hydrogens is 341 g/mol. The Hall–Kier alpha value is -1.91. The van der Waals surface area contributed by atoms with Crippen molar-refractivity contribution in [2.45, 2.75) is 69.9 Å². The first kappa shape index (κ1) is 18.5. The van der Waals surface area contributed by atoms with Crippen molar-refractivity contribution in [3.63, 3.8) is 0 Å². The van der Waals surface area contributed by atoms with Gasteiger partial charge in [0, 0.05) is 24.2 Å². The van der Waals surface area contributed by atoms with E-state index in [2.05, 4.69) is 17.0 Å². The molecule has 0 aliphatic carbocycles. The van der Waals surface area contributed by atoms with Crippen LogP contribution in [0.15, 0.2) is 48.5 Å². The monoisotopic (exact) mass is 369 g/mol. The first-order valence-electron chi connectivity index (χ1n) is 9.93. The van der Waals surface area contributed by atoms with Crippen LogP contribution in [0.2, 0.25) is 0 Å². The SMILES string of the molecule is CC(C)Oc1cccc(CN2[C@H]3CC[C@H]2CC(O)(c2ccccc2F)C3)c1. The highest BCUT2D eigenvalue weighted by molar-refractivity contribution is 5.30. The van der Waals surface area contributed by atoms with E-state index in [0.717, 1.165) is 25.1 Å². The molecular formula is C23H28FNO2. The van der Waals surface area contributed by atoms with Gasteiger partial charge < -0.3 is 9.84 Å². The lowest BCUT2D eigenvalue weighted by Gasteiger charge is -2.44. The van der Waals surface area contributed by atoms with Gasteiger partial charge in [0.05, 0.1) is 11.7 Å². The Labute approximate surface area is 160 Å². The molecule has 2 heterocycles. The number of fused-ring (bicyclic) bond motifs is 2. The molecule has 1 N–H and O–H groups in total. The maximum absolute atomic E-state index is 14.3. The second kappa shape index (κ2) is 7.25. The molecule has 0 amide bonds. The molecule has 0 radical (unpaired) electrons. The zero-order valence-electron chi connectivity index (χ0n) is 16.1. The second-order valence-corrected chi connectivity index (χ2v) is 8.29. The molecule has 2 aliphatic heterocycles. The van der Waals surface area contributed by atoms with Crippen molar-refractivity contribution in [1.29, 1.82) is 0 Å². The summed E-state index contributed by atoms with van der Waals surface area (Å²) in [4.78, 5) is 2.49. The van der Waals surface area contributed by atoms with E-state index in [-0.39, 0.29) is 24.0 Å². The zero-order valence-corrected chi connectivity index (χ0v) is 16.1. The third-order valence-electron chi connectivity index (χ3n) is 5.93. The summed E-state index contributed by atoms with van der Waals surface area (Å²) in [7, 11) is 0. The molecule has 2 fully saturated rings. The van der Waals surface area contributed by atoms with Crippen LogP contribution in [0.5, 0.6) is 5.75 Å². The summed E-state index contributed by atoms with van der Waals surface area (Å²) in [5.74, 6) is 0.598. The molecule has 144 valence electrons. The Balaban J connectivity index is 1.51. The van der Waals surface area contributed by atoms with Gasteiger partial charge in [-0.15, -0.1) is 0 Å². The Bertz CT molecular complexity index is 792. The van der Waals surface area contributed by atoms with Gasteiger partial charge in [0.1, 0.15) is 11.6 Å². The summed E-state index contributed by atoms with van der Waals surface area (Å²) in [6, 6.07) is 15.5. The molecule has 2 aromatic carbocycles. The van der Waals surface area contributed by atoms with E-state index in [9.17, 15) is 9.50 Å². The molecule has 0 saturated carbocycles. The molecule has 3 nitrogen and oxygen atoms in total. The Kier molecular flexibility index (Phi) is 4.95. The topological polar surface area (TPSA) is 32.7 Å². The van der Waals surface area contributed by atoms with Crippen LogP contribution >= 0.6 is 0 Å². The van der Waals surface area contributed by atoms with Crippen molar-refractivity contribution in [2.24, 2.45) is 0 Å². The van der Waals surface area contributed by atoms with E-state index in [1.165, 1.54) is 11.6 Å². The van der Waals surface area contributed by atoms with Crippen molar-refractivity contribution in [3.8, 4) is 5.75 Å². The van der Waals surface area contributed by atoms with Crippen molar-refractivity contribution in [3.05, 3.63) is 65.5 Å². The summed E-state index contributed by atoms with van der Waals surface area (Å²) >= 11 is 0. The lowest BCUT2D eigenvalue weighted by atomic mass is 9.80. The number of hydrogen-bond donors (Lipinski definition) is 1. The number of aliphatic hydroxyl groups is 1. The quantitative estimate of drug-likeness (QED) is 0.834. The standard InChI is InChI=1S/C23H28FNO2/c1-16(2)27-20-7-5-6-17(12-20)15-25-18-10-11-19(25)14-23(26,13-18)21-8-3-4-9-22(21)24/h3-9,12,16,18-19,26H,10-11,13-15H2,1-2H3/t18-,19-/m0/s1. The van der Waals surface area contributed by atoms with Crippen molar-refractivity contribution in [2.75, 3.05) is 0 Å². The van der Waals surface area contributed by atoms with Gasteiger partial charge in [-0.05, 0) is 63.3 Å². The van der Waals surface area contributed by atoms with Crippen LogP contribution in [0.1, 0.15) is 50.7 Å². The van der Waals surface area contributed by atoms with Gasteiger partial charge in [-0.3, -0.25) is 4.90 Å². The lowest BCUT2D eigenvalue weighted by Crippen LogP contribution is -2.49. The summed E-state index contributed by atoms with van der Waals surface area (Å²) < 4.78 is 20.1. The van der Waals surface area contributed by atoms with Crippen molar-refractivity contribution in [1.82, 2.24) is 4.90 Å². The number of rotatable bonds is 5. The summed E-state index contributed by atoms with van der Waals surface area (Å²) in [6.07, 6.45) is 3.45. The van der Waals surface area contributed by atoms with Crippen LogP contribution in [0, 0.1) is 5.82 Å². The molecule has 2 aliphatic rings. The highest BCUT2D eigenvalue weighted by atomic mass is 19.1. The van der Waals surface area contributed by atoms with Crippen LogP contribution in [0.3, 0.4) is 0 Å². The fourth-order valence-electron chi connectivity index (χ4n) is 4.83. The zero-order chi connectivity index (χ0) is 19.0. The minimum atomic E-state index is -1.06. The molecule has 4 heteroatoms. The van der Waals surface area contributed by atoms with E-state index < -0.39 is 5.60 Å². The largest absolute Gasteiger partial charge is 0.491 e. The van der Waals surface area contributed by atoms with Crippen molar-refractivity contribution < 1.29 is 14.2 Å². The third-order valence-corrected chi connectivity index (χ3v) is 5.93. The third kappa shape index (κ3) is 3.74. The van der Waals surface area contributed by atoms with E-state index in [0.29, 0.717) is 18.4 Å². The Morgan fingerprint density at radius 3 is 2.48 bits per heavy atom. The molecule has 0 spiro atoms. The smallest absolute Gasteiger partial charge is 0.129 e. The van der Waals surface area contributed by atoms with Crippen LogP contribution in [0.4, 0.5) is 4.39 Å². The van der Waals surface area contributed by atoms with Crippen LogP contribution in [0.25, 0.3) is 0 Å². The van der Waals surface area contributed by atoms with E-state index in [1.54, 1.807) is 12.1 Å². The molecule has 0 aromatic heterocycles. The number of piperidine rings is 1. The summed E-state index contributed by atoms with van der Waals surface area (Å²) in [5, 5.41) is 11.2. The maximum atomic E-state index is 14.3. The first-order valence-corrected chi connectivity index (χ1v) is 9.93. The fourth-order valence-corrected chi connectivity index (χ4v) is 4.83. The summed E-state index contributed by atoms with van der Waals surface area (Å²) in [5.41, 5.74) is 0.617. The molecule has 2 saturated heterocycles. The Morgan fingerprint density at radius 2 is 1.81 bits per heavy atom. The van der Waals surface area contributed by atoms with Crippen LogP contribution < -0.4 is 4.74 Å². The van der Waals surface area contributed by atoms with Gasteiger partial charge in [-0.25, -0.2) is 4.39 Å². The number of halogens is 1. The van der Waals surface area contributed by atoms with Gasteiger partial charge in [-0.1, -0.05) is 30.3 Å². The molecule has 2 aromatic rings. The molecule has 4 rings (SSSR count). The second-order valence-electron chi connectivity index (χ2n) is 8.29. The van der Waals surface area contributed by atoms with Crippen molar-refractivity contribution >= 4 is 0 Å². The normalized spacial score (nSPS) is 27.9.